The normalized spacial score (nSPS) is 14.9. The average molecular weight is 421 g/mol. The number of carbonyl (C=O) groups excluding carboxylic acids is 2. The van der Waals surface area contributed by atoms with Gasteiger partial charge in [0.15, 0.2) is 0 Å². The van der Waals surface area contributed by atoms with Crippen LogP contribution in [0.25, 0.3) is 17.4 Å². The van der Waals surface area contributed by atoms with E-state index in [9.17, 15) is 9.59 Å². The molecule has 0 unspecified atom stereocenters. The molecule has 2 heterocycles. The predicted octanol–water partition coefficient (Wildman–Crippen LogP) is 5.19. The zero-order chi connectivity index (χ0) is 21.3. The highest BCUT2D eigenvalue weighted by molar-refractivity contribution is 6.33. The fourth-order valence-electron chi connectivity index (χ4n) is 3.10. The van der Waals surface area contributed by atoms with E-state index in [-0.39, 0.29) is 5.91 Å². The highest BCUT2D eigenvalue weighted by atomic mass is 35.5. The molecule has 0 atom stereocenters. The number of esters is 1. The maximum Gasteiger partial charge on any atom is 0.337 e. The van der Waals surface area contributed by atoms with Gasteiger partial charge in [-0.2, -0.15) is 10.1 Å². The van der Waals surface area contributed by atoms with Crippen LogP contribution in [0.15, 0.2) is 75.8 Å². The number of benzene rings is 2. The Labute approximate surface area is 178 Å². The molecule has 30 heavy (non-hydrogen) atoms. The number of hydrogen-bond donors (Lipinski definition) is 0. The highest BCUT2D eigenvalue weighted by Crippen LogP contribution is 2.32. The van der Waals surface area contributed by atoms with Crippen LogP contribution in [-0.2, 0) is 9.53 Å². The van der Waals surface area contributed by atoms with E-state index in [0.29, 0.717) is 44.6 Å². The zero-order valence-corrected chi connectivity index (χ0v) is 17.0. The number of ether oxygens (including phenoxy) is 1. The van der Waals surface area contributed by atoms with Gasteiger partial charge in [0.2, 0.25) is 0 Å². The monoisotopic (exact) mass is 420 g/mol. The smallest absolute Gasteiger partial charge is 0.337 e. The van der Waals surface area contributed by atoms with Crippen molar-refractivity contribution >= 4 is 41.0 Å². The van der Waals surface area contributed by atoms with Crippen molar-refractivity contribution in [3.8, 4) is 11.3 Å². The summed E-state index contributed by atoms with van der Waals surface area (Å²) in [6.07, 6.45) is 1.64. The molecule has 1 aromatic heterocycles. The molecule has 3 aromatic rings. The third-order valence-electron chi connectivity index (χ3n) is 4.63. The largest absolute Gasteiger partial charge is 0.465 e. The lowest BCUT2D eigenvalue weighted by molar-refractivity contribution is -0.114. The molecule has 7 heteroatoms. The van der Waals surface area contributed by atoms with Gasteiger partial charge in [-0.25, -0.2) is 4.79 Å². The maximum absolute atomic E-state index is 12.8. The summed E-state index contributed by atoms with van der Waals surface area (Å²) in [6.45, 7) is 1.77. The first kappa shape index (κ1) is 19.7. The molecule has 0 saturated carbocycles. The Morgan fingerprint density at radius 3 is 2.63 bits per heavy atom. The summed E-state index contributed by atoms with van der Waals surface area (Å²) in [4.78, 5) is 24.6. The number of anilines is 1. The molecule has 0 saturated heterocycles. The molecular formula is C23H17ClN2O4. The summed E-state index contributed by atoms with van der Waals surface area (Å²) < 4.78 is 10.6. The van der Waals surface area contributed by atoms with Gasteiger partial charge in [0, 0.05) is 5.56 Å². The van der Waals surface area contributed by atoms with Crippen LogP contribution >= 0.6 is 11.6 Å². The number of halogens is 1. The standard InChI is InChI=1S/C23H17ClN2O4/c1-14-18(22(27)26(25-14)16-6-4-3-5-7-16)13-17-9-11-21(30-17)19-12-15(23(28)29-2)8-10-20(19)24/h3-13H,1-2H3. The van der Waals surface area contributed by atoms with Gasteiger partial charge in [-0.1, -0.05) is 29.8 Å². The number of para-hydroxylation sites is 1. The summed E-state index contributed by atoms with van der Waals surface area (Å²) in [7, 11) is 1.31. The minimum Gasteiger partial charge on any atom is -0.465 e. The van der Waals surface area contributed by atoms with E-state index >= 15 is 0 Å². The van der Waals surface area contributed by atoms with E-state index in [1.807, 2.05) is 30.3 Å². The number of amides is 1. The molecular weight excluding hydrogens is 404 g/mol. The van der Waals surface area contributed by atoms with Crippen molar-refractivity contribution in [1.82, 2.24) is 0 Å². The number of nitrogens with zero attached hydrogens (tertiary/aromatic N) is 2. The van der Waals surface area contributed by atoms with Crippen molar-refractivity contribution in [2.24, 2.45) is 5.10 Å². The molecule has 0 bridgehead atoms. The number of hydrogen-bond acceptors (Lipinski definition) is 5. The summed E-state index contributed by atoms with van der Waals surface area (Å²) in [5.41, 5.74) is 2.64. The van der Waals surface area contributed by atoms with Gasteiger partial charge >= 0.3 is 5.97 Å². The molecule has 1 aliphatic rings. The molecule has 0 fully saturated rings. The molecule has 4 rings (SSSR count). The molecule has 0 aliphatic carbocycles. The Bertz CT molecular complexity index is 1190. The molecule has 2 aromatic carbocycles. The Hall–Kier alpha value is -3.64. The fourth-order valence-corrected chi connectivity index (χ4v) is 3.32. The van der Waals surface area contributed by atoms with Crippen LogP contribution in [0, 0.1) is 0 Å². The SMILES string of the molecule is COC(=O)c1ccc(Cl)c(-c2ccc(C=C3C(=O)N(c4ccccc4)N=C3C)o2)c1. The van der Waals surface area contributed by atoms with Crippen LogP contribution in [0.4, 0.5) is 5.69 Å². The quantitative estimate of drug-likeness (QED) is 0.430. The van der Waals surface area contributed by atoms with Crippen LogP contribution in [-0.4, -0.2) is 24.7 Å². The number of carbonyl (C=O) groups is 2. The van der Waals surface area contributed by atoms with Crippen LogP contribution in [0.3, 0.4) is 0 Å². The highest BCUT2D eigenvalue weighted by Gasteiger charge is 2.29. The topological polar surface area (TPSA) is 72.1 Å². The van der Waals surface area contributed by atoms with Gasteiger partial charge in [-0.15, -0.1) is 0 Å². The lowest BCUT2D eigenvalue weighted by Crippen LogP contribution is -2.21. The zero-order valence-electron chi connectivity index (χ0n) is 16.3. The molecule has 150 valence electrons. The van der Waals surface area contributed by atoms with Crippen LogP contribution in [0.1, 0.15) is 23.0 Å². The van der Waals surface area contributed by atoms with Gasteiger partial charge in [-0.05, 0) is 55.5 Å². The second-order valence-corrected chi connectivity index (χ2v) is 6.99. The Kier molecular flexibility index (Phi) is 5.25. The Balaban J connectivity index is 1.64. The first-order valence-electron chi connectivity index (χ1n) is 9.13. The van der Waals surface area contributed by atoms with E-state index in [4.69, 9.17) is 20.8 Å². The molecule has 0 radical (unpaired) electrons. The average Bonchev–Trinajstić information content (AvgIpc) is 3.34. The number of methoxy groups -OCH3 is 1. The van der Waals surface area contributed by atoms with Crippen molar-refractivity contribution in [3.05, 3.63) is 82.6 Å². The van der Waals surface area contributed by atoms with Gasteiger partial charge in [0.05, 0.1) is 34.7 Å². The number of hydrazone groups is 1. The van der Waals surface area contributed by atoms with Crippen molar-refractivity contribution in [1.29, 1.82) is 0 Å². The van der Waals surface area contributed by atoms with Crippen LogP contribution in [0.5, 0.6) is 0 Å². The van der Waals surface area contributed by atoms with Crippen molar-refractivity contribution in [2.45, 2.75) is 6.92 Å². The van der Waals surface area contributed by atoms with E-state index in [0.717, 1.165) is 0 Å². The molecule has 6 nitrogen and oxygen atoms in total. The van der Waals surface area contributed by atoms with Crippen LogP contribution in [0.2, 0.25) is 5.02 Å². The van der Waals surface area contributed by atoms with E-state index in [2.05, 4.69) is 5.10 Å². The summed E-state index contributed by atoms with van der Waals surface area (Å²) in [6, 6.07) is 17.5. The Morgan fingerprint density at radius 1 is 1.13 bits per heavy atom. The van der Waals surface area contributed by atoms with E-state index in [1.165, 1.54) is 12.1 Å². The summed E-state index contributed by atoms with van der Waals surface area (Å²) in [5, 5.41) is 6.15. The predicted molar refractivity (Wildman–Crippen MR) is 116 cm³/mol. The van der Waals surface area contributed by atoms with E-state index < -0.39 is 5.97 Å². The first-order chi connectivity index (χ1) is 14.5. The summed E-state index contributed by atoms with van der Waals surface area (Å²) >= 11 is 6.28. The summed E-state index contributed by atoms with van der Waals surface area (Å²) in [5.74, 6) is 0.239. The van der Waals surface area contributed by atoms with E-state index in [1.54, 1.807) is 43.3 Å². The van der Waals surface area contributed by atoms with Gasteiger partial charge in [-0.3, -0.25) is 4.79 Å². The number of furan rings is 1. The molecule has 0 spiro atoms. The second-order valence-electron chi connectivity index (χ2n) is 6.58. The first-order valence-corrected chi connectivity index (χ1v) is 9.50. The number of rotatable bonds is 4. The minimum atomic E-state index is -0.466. The minimum absolute atomic E-state index is 0.234. The maximum atomic E-state index is 12.8. The lowest BCUT2D eigenvalue weighted by atomic mass is 10.1. The van der Waals surface area contributed by atoms with Crippen molar-refractivity contribution in [2.75, 3.05) is 12.1 Å². The van der Waals surface area contributed by atoms with Crippen molar-refractivity contribution in [3.63, 3.8) is 0 Å². The second kappa shape index (κ2) is 8.00. The lowest BCUT2D eigenvalue weighted by Gasteiger charge is -2.10. The Morgan fingerprint density at radius 2 is 1.90 bits per heavy atom. The van der Waals surface area contributed by atoms with Crippen LogP contribution < -0.4 is 5.01 Å². The molecule has 1 amide bonds. The van der Waals surface area contributed by atoms with Gasteiger partial charge in [0.25, 0.3) is 5.91 Å². The molecule has 1 aliphatic heterocycles. The van der Waals surface area contributed by atoms with Crippen molar-refractivity contribution < 1.29 is 18.7 Å². The molecule has 0 N–H and O–H groups in total. The third kappa shape index (κ3) is 3.65. The fraction of sp³-hybridized carbons (Fsp3) is 0.0870. The van der Waals surface area contributed by atoms with Gasteiger partial charge in [0.1, 0.15) is 11.5 Å². The van der Waals surface area contributed by atoms with Gasteiger partial charge < -0.3 is 9.15 Å². The third-order valence-corrected chi connectivity index (χ3v) is 4.96.